The van der Waals surface area contributed by atoms with Gasteiger partial charge in [-0.25, -0.2) is 0 Å². The normalized spacial score (nSPS) is 16.1. The van der Waals surface area contributed by atoms with Crippen LogP contribution < -0.4 is 4.90 Å². The number of rotatable bonds is 7. The second kappa shape index (κ2) is 15.0. The van der Waals surface area contributed by atoms with Crippen molar-refractivity contribution in [2.75, 3.05) is 4.90 Å². The van der Waals surface area contributed by atoms with Crippen molar-refractivity contribution in [1.29, 1.82) is 0 Å². The minimum Gasteiger partial charge on any atom is -0.309 e. The quantitative estimate of drug-likeness (QED) is 0.155. The fourth-order valence-electron chi connectivity index (χ4n) is 11.3. The van der Waals surface area contributed by atoms with Crippen molar-refractivity contribution in [3.63, 3.8) is 0 Å². The summed E-state index contributed by atoms with van der Waals surface area (Å²) in [7, 11) is 0. The van der Waals surface area contributed by atoms with E-state index in [1.165, 1.54) is 130 Å². The van der Waals surface area contributed by atoms with Crippen molar-refractivity contribution >= 4 is 59.3 Å². The molecule has 0 saturated heterocycles. The third-order valence-corrected chi connectivity index (χ3v) is 15.4. The number of para-hydroxylation sites is 2. The molecular formula is C60H47NS. The summed E-state index contributed by atoms with van der Waals surface area (Å²) in [5.41, 5.74) is 16.3. The van der Waals surface area contributed by atoms with Crippen molar-refractivity contribution in [3.8, 4) is 33.4 Å². The van der Waals surface area contributed by atoms with Crippen LogP contribution in [0.5, 0.6) is 0 Å². The molecule has 1 atom stereocenters. The number of anilines is 3. The molecule has 0 radical (unpaired) electrons. The van der Waals surface area contributed by atoms with Crippen LogP contribution in [0.2, 0.25) is 0 Å². The summed E-state index contributed by atoms with van der Waals surface area (Å²) in [6.45, 7) is 2.42. The molecule has 0 aliphatic heterocycles. The van der Waals surface area contributed by atoms with Gasteiger partial charge in [0.05, 0.1) is 17.1 Å². The monoisotopic (exact) mass is 813 g/mol. The molecule has 1 nitrogen and oxygen atoms in total. The molecule has 298 valence electrons. The summed E-state index contributed by atoms with van der Waals surface area (Å²) in [4.78, 5) is 2.62. The van der Waals surface area contributed by atoms with E-state index in [9.17, 15) is 0 Å². The van der Waals surface area contributed by atoms with Crippen molar-refractivity contribution in [3.05, 3.63) is 222 Å². The van der Waals surface area contributed by atoms with E-state index in [0.717, 1.165) is 5.69 Å². The highest BCUT2D eigenvalue weighted by molar-refractivity contribution is 7.26. The van der Waals surface area contributed by atoms with Gasteiger partial charge >= 0.3 is 0 Å². The highest BCUT2D eigenvalue weighted by Gasteiger charge is 2.42. The summed E-state index contributed by atoms with van der Waals surface area (Å²) in [6, 6.07) is 75.3. The van der Waals surface area contributed by atoms with Crippen LogP contribution in [0, 0.1) is 0 Å². The number of hydrogen-bond donors (Lipinski definition) is 0. The Balaban J connectivity index is 1.17. The molecule has 9 aromatic carbocycles. The number of nitrogens with zero attached hydrogens (tertiary/aromatic N) is 1. The first kappa shape index (κ1) is 37.1. The maximum absolute atomic E-state index is 2.62. The smallest absolute Gasteiger partial charge is 0.0543 e. The van der Waals surface area contributed by atoms with E-state index < -0.39 is 0 Å². The Kier molecular flexibility index (Phi) is 8.97. The van der Waals surface area contributed by atoms with Gasteiger partial charge in [0.1, 0.15) is 0 Å². The number of benzene rings is 9. The molecule has 0 spiro atoms. The van der Waals surface area contributed by atoms with Gasteiger partial charge in [0.2, 0.25) is 0 Å². The summed E-state index contributed by atoms with van der Waals surface area (Å²) in [6.07, 6.45) is 6.47. The van der Waals surface area contributed by atoms with Gasteiger partial charge in [-0.3, -0.25) is 0 Å². The van der Waals surface area contributed by atoms with Crippen LogP contribution in [-0.2, 0) is 5.41 Å². The molecule has 2 aliphatic carbocycles. The molecular weight excluding hydrogens is 767 g/mol. The van der Waals surface area contributed by atoms with Crippen molar-refractivity contribution in [2.24, 2.45) is 0 Å². The van der Waals surface area contributed by atoms with Gasteiger partial charge in [-0.2, -0.15) is 0 Å². The lowest BCUT2D eigenvalue weighted by molar-refractivity contribution is 0.445. The number of thiophene rings is 1. The van der Waals surface area contributed by atoms with Gasteiger partial charge in [-0.15, -0.1) is 11.3 Å². The fraction of sp³-hybridized carbons (Fsp3) is 0.133. The molecule has 1 unspecified atom stereocenters. The van der Waals surface area contributed by atoms with Crippen molar-refractivity contribution < 1.29 is 0 Å². The maximum atomic E-state index is 2.62. The SMILES string of the molecule is CC1(c2ccccc2)c2ccccc2-c2c(N(c3ccccc3-c3cccc4c3sc3ccccc34)c3ccccc3-c3cccc4cccc(C5CCCCC5)c34)cccc21. The third-order valence-electron chi connectivity index (χ3n) is 14.2. The molecule has 0 N–H and O–H groups in total. The molecule has 62 heavy (non-hydrogen) atoms. The Labute approximate surface area is 368 Å². The minimum atomic E-state index is -0.332. The average molecular weight is 814 g/mol. The third kappa shape index (κ3) is 5.73. The van der Waals surface area contributed by atoms with Gasteiger partial charge in [0, 0.05) is 47.8 Å². The average Bonchev–Trinajstić information content (AvgIpc) is 3.86. The lowest BCUT2D eigenvalue weighted by Gasteiger charge is -2.33. The van der Waals surface area contributed by atoms with Gasteiger partial charge in [0.25, 0.3) is 0 Å². The molecule has 2 heteroatoms. The number of hydrogen-bond acceptors (Lipinski definition) is 2. The van der Waals surface area contributed by atoms with Gasteiger partial charge < -0.3 is 4.90 Å². The first-order valence-corrected chi connectivity index (χ1v) is 23.2. The van der Waals surface area contributed by atoms with E-state index in [0.29, 0.717) is 5.92 Å². The van der Waals surface area contributed by atoms with Crippen molar-refractivity contribution in [1.82, 2.24) is 0 Å². The molecule has 2 aliphatic rings. The molecule has 0 bridgehead atoms. The molecule has 1 fully saturated rings. The predicted molar refractivity (Wildman–Crippen MR) is 266 cm³/mol. The standard InChI is InChI=1S/C60H47NS/c1-60(42-24-6-3-7-25-42)51-34-12-8-29-50(51)58-52(60)35-19-38-55(58)61(54-37-14-10-27-45(54)48-32-18-33-49-46-28-11-15-39-56(46)62-59(48)49)53-36-13-9-26-44(53)47-31-17-23-41-22-16-30-43(57(41)47)40-20-4-2-5-21-40/h3,6-19,22-40H,2,4-5,20-21H2,1H3. The first-order valence-electron chi connectivity index (χ1n) is 22.4. The van der Waals surface area contributed by atoms with Crippen LogP contribution in [0.15, 0.2) is 200 Å². The summed E-state index contributed by atoms with van der Waals surface area (Å²) >= 11 is 1.90. The van der Waals surface area contributed by atoms with E-state index in [1.54, 1.807) is 0 Å². The first-order chi connectivity index (χ1) is 30.7. The van der Waals surface area contributed by atoms with Gasteiger partial charge in [0.15, 0.2) is 0 Å². The zero-order valence-electron chi connectivity index (χ0n) is 35.0. The van der Waals surface area contributed by atoms with Crippen LogP contribution >= 0.6 is 11.3 Å². The predicted octanol–water partition coefficient (Wildman–Crippen LogP) is 17.4. The Morgan fingerprint density at radius 1 is 0.452 bits per heavy atom. The fourth-order valence-corrected chi connectivity index (χ4v) is 12.5. The zero-order valence-corrected chi connectivity index (χ0v) is 35.8. The Morgan fingerprint density at radius 2 is 1.02 bits per heavy atom. The topological polar surface area (TPSA) is 3.24 Å². The van der Waals surface area contributed by atoms with E-state index in [-0.39, 0.29) is 5.41 Å². The lowest BCUT2D eigenvalue weighted by Crippen LogP contribution is -2.22. The maximum Gasteiger partial charge on any atom is 0.0543 e. The molecule has 10 aromatic rings. The van der Waals surface area contributed by atoms with Crippen LogP contribution in [0.3, 0.4) is 0 Å². The van der Waals surface area contributed by atoms with Crippen LogP contribution in [0.1, 0.15) is 67.2 Å². The highest BCUT2D eigenvalue weighted by Crippen LogP contribution is 2.58. The van der Waals surface area contributed by atoms with Crippen molar-refractivity contribution in [2.45, 2.75) is 50.4 Å². The Morgan fingerprint density at radius 3 is 1.82 bits per heavy atom. The van der Waals surface area contributed by atoms with Gasteiger partial charge in [-0.1, -0.05) is 195 Å². The van der Waals surface area contributed by atoms with E-state index in [2.05, 4.69) is 212 Å². The summed E-state index contributed by atoms with van der Waals surface area (Å²) < 4.78 is 2.64. The molecule has 12 rings (SSSR count). The van der Waals surface area contributed by atoms with Crippen LogP contribution in [0.4, 0.5) is 17.1 Å². The molecule has 1 saturated carbocycles. The molecule has 0 amide bonds. The number of fused-ring (bicyclic) bond motifs is 7. The zero-order chi connectivity index (χ0) is 41.2. The highest BCUT2D eigenvalue weighted by atomic mass is 32.1. The second-order valence-corrected chi connectivity index (χ2v) is 18.5. The minimum absolute atomic E-state index is 0.332. The second-order valence-electron chi connectivity index (χ2n) is 17.5. The van der Waals surface area contributed by atoms with Crippen LogP contribution in [-0.4, -0.2) is 0 Å². The van der Waals surface area contributed by atoms with Crippen LogP contribution in [0.25, 0.3) is 64.3 Å². The van der Waals surface area contributed by atoms with Gasteiger partial charge in [-0.05, 0) is 94.1 Å². The summed E-state index contributed by atoms with van der Waals surface area (Å²) in [5, 5.41) is 5.34. The lowest BCUT2D eigenvalue weighted by atomic mass is 9.74. The largest absolute Gasteiger partial charge is 0.309 e. The van der Waals surface area contributed by atoms with E-state index in [1.807, 2.05) is 11.3 Å². The molecule has 1 aromatic heterocycles. The molecule has 1 heterocycles. The van der Waals surface area contributed by atoms with E-state index in [4.69, 9.17) is 0 Å². The summed E-state index contributed by atoms with van der Waals surface area (Å²) in [5.74, 6) is 0.573. The van der Waals surface area contributed by atoms with E-state index >= 15 is 0 Å². The Hall–Kier alpha value is -6.74. The Bertz CT molecular complexity index is 3310.